The van der Waals surface area contributed by atoms with E-state index < -0.39 is 5.54 Å². The minimum Gasteiger partial charge on any atom is -0.373 e. The van der Waals surface area contributed by atoms with Gasteiger partial charge in [-0.3, -0.25) is 0 Å². The molecule has 2 aromatic heterocycles. The number of hydrogen-bond acceptors (Lipinski definition) is 5. The fraction of sp³-hybridized carbons (Fsp3) is 0.240. The lowest BCUT2D eigenvalue weighted by Gasteiger charge is -2.54. The fourth-order valence-electron chi connectivity index (χ4n) is 9.89. The van der Waals surface area contributed by atoms with Crippen LogP contribution in [0.3, 0.4) is 0 Å². The Hall–Kier alpha value is -6.32. The SMILES string of the molecule is CNc1cc(/C(=C/CCC23CCC(c4ccccc4)(CC2)CC3)c2cccc(C#N)c2)c2nnn(C(c3ccccc3)(c3ccccc3)c3ccccc3)c2n1. The first-order valence-corrected chi connectivity index (χ1v) is 20.0. The third-order valence-corrected chi connectivity index (χ3v) is 13.0. The molecule has 0 amide bonds. The Morgan fingerprint density at radius 3 is 1.86 bits per heavy atom. The number of nitrogens with zero attached hydrogens (tertiary/aromatic N) is 5. The van der Waals surface area contributed by atoms with E-state index in [0.717, 1.165) is 52.0 Å². The standard InChI is InChI=1S/C50H46N6/c1-52-45-35-44(43(38-17-14-16-37(34-38)36-51)26-15-27-48-28-31-49(32-29-48,33-30-48)39-18-6-2-7-19-39)46-47(53-45)56(55-54-46)50(40-20-8-3-9-21-40,41-22-10-4-11-23-41)42-24-12-5-13-25-42/h2-14,16-26,34-35H,15,27-33H2,1H3,(H,52,53)/b43-26+. The second-order valence-electron chi connectivity index (χ2n) is 15.8. The van der Waals surface area contributed by atoms with E-state index in [1.807, 2.05) is 48.1 Å². The largest absolute Gasteiger partial charge is 0.373 e. The molecule has 0 unspecified atom stereocenters. The molecule has 0 saturated heterocycles. The zero-order valence-corrected chi connectivity index (χ0v) is 31.9. The van der Waals surface area contributed by atoms with Crippen molar-refractivity contribution in [3.05, 3.63) is 197 Å². The van der Waals surface area contributed by atoms with E-state index in [0.29, 0.717) is 27.6 Å². The quantitative estimate of drug-likeness (QED) is 0.134. The van der Waals surface area contributed by atoms with Gasteiger partial charge in [-0.1, -0.05) is 145 Å². The lowest BCUT2D eigenvalue weighted by atomic mass is 9.51. The molecular weight excluding hydrogens is 685 g/mol. The summed E-state index contributed by atoms with van der Waals surface area (Å²) in [4.78, 5) is 5.23. The average molecular weight is 731 g/mol. The second kappa shape index (κ2) is 14.7. The Morgan fingerprint density at radius 2 is 1.30 bits per heavy atom. The van der Waals surface area contributed by atoms with Crippen LogP contribution in [-0.4, -0.2) is 27.0 Å². The van der Waals surface area contributed by atoms with Crippen LogP contribution in [0.4, 0.5) is 5.82 Å². The van der Waals surface area contributed by atoms with Crippen molar-refractivity contribution in [1.29, 1.82) is 5.26 Å². The predicted octanol–water partition coefficient (Wildman–Crippen LogP) is 11.1. The summed E-state index contributed by atoms with van der Waals surface area (Å²) >= 11 is 0. The lowest BCUT2D eigenvalue weighted by Crippen LogP contribution is -2.44. The highest BCUT2D eigenvalue weighted by Crippen LogP contribution is 2.59. The Balaban J connectivity index is 1.18. The first-order chi connectivity index (χ1) is 27.6. The van der Waals surface area contributed by atoms with E-state index in [2.05, 4.69) is 133 Å². The van der Waals surface area contributed by atoms with Crippen molar-refractivity contribution in [2.75, 3.05) is 12.4 Å². The number of rotatable bonds is 11. The number of fused-ring (bicyclic) bond motifs is 4. The smallest absolute Gasteiger partial charge is 0.182 e. The molecule has 7 aromatic rings. The Labute approximate surface area is 329 Å². The zero-order chi connectivity index (χ0) is 38.0. The molecule has 1 N–H and O–H groups in total. The summed E-state index contributed by atoms with van der Waals surface area (Å²) < 4.78 is 2.01. The summed E-state index contributed by atoms with van der Waals surface area (Å²) in [6, 6.07) is 55.2. The highest BCUT2D eigenvalue weighted by Gasteiger charge is 2.48. The topological polar surface area (TPSA) is 79.4 Å². The van der Waals surface area contributed by atoms with E-state index in [1.165, 1.54) is 44.1 Å². The van der Waals surface area contributed by atoms with Gasteiger partial charge in [-0.15, -0.1) is 5.10 Å². The van der Waals surface area contributed by atoms with Gasteiger partial charge in [0.15, 0.2) is 5.65 Å². The van der Waals surface area contributed by atoms with E-state index in [9.17, 15) is 5.26 Å². The third kappa shape index (κ3) is 6.08. The van der Waals surface area contributed by atoms with Crippen molar-refractivity contribution in [3.8, 4) is 6.07 Å². The summed E-state index contributed by atoms with van der Waals surface area (Å²) in [6.45, 7) is 0. The van der Waals surface area contributed by atoms with Crippen molar-refractivity contribution in [2.45, 2.75) is 62.3 Å². The predicted molar refractivity (Wildman–Crippen MR) is 225 cm³/mol. The van der Waals surface area contributed by atoms with Crippen LogP contribution in [0.2, 0.25) is 0 Å². The monoisotopic (exact) mass is 730 g/mol. The molecule has 6 nitrogen and oxygen atoms in total. The first kappa shape index (κ1) is 35.4. The van der Waals surface area contributed by atoms with Crippen molar-refractivity contribution in [3.63, 3.8) is 0 Å². The van der Waals surface area contributed by atoms with Gasteiger partial charge in [0, 0.05) is 12.6 Å². The maximum atomic E-state index is 9.99. The van der Waals surface area contributed by atoms with Crippen LogP contribution in [-0.2, 0) is 11.0 Å². The maximum absolute atomic E-state index is 9.99. The highest BCUT2D eigenvalue weighted by molar-refractivity contribution is 5.94. The molecule has 5 aromatic carbocycles. The maximum Gasteiger partial charge on any atom is 0.182 e. The number of nitrogens with one attached hydrogen (secondary N) is 1. The highest BCUT2D eigenvalue weighted by atomic mass is 15.5. The molecule has 10 rings (SSSR count). The van der Waals surface area contributed by atoms with Gasteiger partial charge in [0.2, 0.25) is 0 Å². The summed E-state index contributed by atoms with van der Waals surface area (Å²) in [5.41, 5.74) is 9.49. The van der Waals surface area contributed by atoms with Crippen LogP contribution >= 0.6 is 0 Å². The van der Waals surface area contributed by atoms with Crippen LogP contribution < -0.4 is 5.32 Å². The minimum atomic E-state index is -0.879. The molecular formula is C50H46N6. The average Bonchev–Trinajstić information content (AvgIpc) is 3.71. The van der Waals surface area contributed by atoms with Crippen LogP contribution in [0.15, 0.2) is 158 Å². The second-order valence-corrected chi connectivity index (χ2v) is 15.8. The van der Waals surface area contributed by atoms with E-state index in [1.54, 1.807) is 0 Å². The van der Waals surface area contributed by atoms with Gasteiger partial charge in [0.25, 0.3) is 0 Å². The molecule has 276 valence electrons. The number of aromatic nitrogens is 4. The van der Waals surface area contributed by atoms with Gasteiger partial charge in [0.05, 0.1) is 11.6 Å². The Morgan fingerprint density at radius 1 is 0.732 bits per heavy atom. The third-order valence-electron chi connectivity index (χ3n) is 13.0. The normalized spacial score (nSPS) is 19.5. The minimum absolute atomic E-state index is 0.342. The van der Waals surface area contributed by atoms with Crippen LogP contribution in [0.1, 0.15) is 90.3 Å². The van der Waals surface area contributed by atoms with Crippen LogP contribution in [0.5, 0.6) is 0 Å². The zero-order valence-electron chi connectivity index (χ0n) is 31.9. The summed E-state index contributed by atoms with van der Waals surface area (Å²) in [5.74, 6) is 0.719. The molecule has 0 spiro atoms. The van der Waals surface area contributed by atoms with Gasteiger partial charge in [-0.25, -0.2) is 9.67 Å². The van der Waals surface area contributed by atoms with Gasteiger partial charge >= 0.3 is 0 Å². The molecule has 0 radical (unpaired) electrons. The number of hydrogen-bond donors (Lipinski definition) is 1. The molecule has 2 bridgehead atoms. The molecule has 6 heteroatoms. The number of allylic oxidation sites excluding steroid dienone is 1. The molecule has 3 aliphatic rings. The van der Waals surface area contributed by atoms with Gasteiger partial charge in [0.1, 0.15) is 16.9 Å². The Bertz CT molecular complexity index is 2410. The molecule has 3 aliphatic carbocycles. The van der Waals surface area contributed by atoms with Crippen LogP contribution in [0.25, 0.3) is 16.7 Å². The van der Waals surface area contributed by atoms with Gasteiger partial charge < -0.3 is 5.32 Å². The van der Waals surface area contributed by atoms with Crippen molar-refractivity contribution < 1.29 is 0 Å². The van der Waals surface area contributed by atoms with Gasteiger partial charge in [-0.05, 0) is 114 Å². The molecule has 3 saturated carbocycles. The molecule has 0 aliphatic heterocycles. The molecule has 0 atom stereocenters. The number of pyridine rings is 1. The molecule has 3 fully saturated rings. The summed E-state index contributed by atoms with van der Waals surface area (Å²) in [7, 11) is 1.91. The number of nitriles is 1. The lowest BCUT2D eigenvalue weighted by molar-refractivity contribution is 0.0334. The molecule has 56 heavy (non-hydrogen) atoms. The van der Waals surface area contributed by atoms with Crippen molar-refractivity contribution in [1.82, 2.24) is 20.0 Å². The number of benzene rings is 5. The van der Waals surface area contributed by atoms with Crippen LogP contribution in [0, 0.1) is 16.7 Å². The van der Waals surface area contributed by atoms with Crippen molar-refractivity contribution >= 4 is 22.6 Å². The molecule has 2 heterocycles. The first-order valence-electron chi connectivity index (χ1n) is 20.0. The summed E-state index contributed by atoms with van der Waals surface area (Å²) in [6.07, 6.45) is 12.1. The van der Waals surface area contributed by atoms with Crippen molar-refractivity contribution in [2.24, 2.45) is 5.41 Å². The number of anilines is 1. The van der Waals surface area contributed by atoms with E-state index >= 15 is 0 Å². The fourth-order valence-corrected chi connectivity index (χ4v) is 9.89. The summed E-state index contributed by atoms with van der Waals surface area (Å²) in [5, 5.41) is 23.4. The van der Waals surface area contributed by atoms with E-state index in [4.69, 9.17) is 15.3 Å². The van der Waals surface area contributed by atoms with Gasteiger partial charge in [-0.2, -0.15) is 5.26 Å². The Kier molecular flexibility index (Phi) is 9.31. The van der Waals surface area contributed by atoms with E-state index in [-0.39, 0.29) is 0 Å².